The zero-order valence-electron chi connectivity index (χ0n) is 10.0. The van der Waals surface area contributed by atoms with Gasteiger partial charge in [-0.3, -0.25) is 0 Å². The van der Waals surface area contributed by atoms with Crippen molar-refractivity contribution in [2.75, 3.05) is 11.9 Å². The van der Waals surface area contributed by atoms with Crippen LogP contribution in [0.25, 0.3) is 0 Å². The smallest absolute Gasteiger partial charge is 0.207 e. The van der Waals surface area contributed by atoms with E-state index in [1.807, 2.05) is 0 Å². The molecule has 1 rings (SSSR count). The summed E-state index contributed by atoms with van der Waals surface area (Å²) in [6, 6.07) is 3.72. The molecule has 1 aromatic rings. The van der Waals surface area contributed by atoms with Crippen LogP contribution in [0.5, 0.6) is 0 Å². The van der Waals surface area contributed by atoms with Gasteiger partial charge in [0.2, 0.25) is 10.0 Å². The Morgan fingerprint density at radius 3 is 2.44 bits per heavy atom. The second-order valence-corrected chi connectivity index (χ2v) is 7.54. The van der Waals surface area contributed by atoms with E-state index >= 15 is 0 Å². The molecule has 0 aliphatic rings. The Hall–Kier alpha value is 0.0200. The first kappa shape index (κ1) is 16.1. The van der Waals surface area contributed by atoms with Crippen LogP contribution in [0.15, 0.2) is 27.6 Å². The molecule has 0 bridgehead atoms. The molecule has 0 atom stereocenters. The molecule has 3 nitrogen and oxygen atoms in total. The van der Waals surface area contributed by atoms with Crippen LogP contribution in [-0.4, -0.2) is 30.6 Å². The topological polar surface area (TPSA) is 37.4 Å². The Kier molecular flexibility index (Phi) is 5.76. The molecule has 0 aliphatic carbocycles. The Balaban J connectivity index is 3.26. The van der Waals surface area contributed by atoms with Crippen LogP contribution < -0.4 is 0 Å². The number of halogens is 3. The van der Waals surface area contributed by atoms with Gasteiger partial charge in [0.25, 0.3) is 0 Å². The van der Waals surface area contributed by atoms with E-state index in [0.29, 0.717) is 16.3 Å². The maximum atomic E-state index is 13.8. The Morgan fingerprint density at radius 2 is 2.00 bits per heavy atom. The van der Waals surface area contributed by atoms with E-state index in [1.165, 1.54) is 16.4 Å². The fourth-order valence-corrected chi connectivity index (χ4v) is 4.18. The molecule has 102 valence electrons. The summed E-state index contributed by atoms with van der Waals surface area (Å²) in [6.45, 7) is 3.82. The average Bonchev–Trinajstić information content (AvgIpc) is 2.24. The molecule has 0 radical (unpaired) electrons. The van der Waals surface area contributed by atoms with Crippen LogP contribution in [0.2, 0.25) is 0 Å². The summed E-state index contributed by atoms with van der Waals surface area (Å²) in [5.74, 6) is -0.746. The molecule has 0 saturated heterocycles. The Labute approximate surface area is 124 Å². The lowest BCUT2D eigenvalue weighted by Gasteiger charge is -2.25. The highest BCUT2D eigenvalue weighted by atomic mass is 79.9. The fourth-order valence-electron chi connectivity index (χ4n) is 1.55. The lowest BCUT2D eigenvalue weighted by molar-refractivity contribution is 0.369. The third-order valence-electron chi connectivity index (χ3n) is 2.36. The molecule has 0 aliphatic heterocycles. The number of hydrogen-bond acceptors (Lipinski definition) is 2. The lowest BCUT2D eigenvalue weighted by Crippen LogP contribution is -2.38. The number of rotatable bonds is 5. The number of nitrogens with zero attached hydrogens (tertiary/aromatic N) is 1. The zero-order valence-corrected chi connectivity index (χ0v) is 14.0. The summed E-state index contributed by atoms with van der Waals surface area (Å²) in [5.41, 5.74) is 0. The number of hydrogen-bond donors (Lipinski definition) is 0. The van der Waals surface area contributed by atoms with Gasteiger partial charge in [0.05, 0.1) is 0 Å². The van der Waals surface area contributed by atoms with Crippen molar-refractivity contribution in [1.29, 1.82) is 0 Å². The van der Waals surface area contributed by atoms with E-state index in [9.17, 15) is 12.8 Å². The number of benzene rings is 1. The van der Waals surface area contributed by atoms with Crippen molar-refractivity contribution in [3.8, 4) is 0 Å². The van der Waals surface area contributed by atoms with Gasteiger partial charge in [-0.2, -0.15) is 4.31 Å². The molecular formula is C11H14Br2FNO2S. The van der Waals surface area contributed by atoms with Crippen LogP contribution in [0.4, 0.5) is 4.39 Å². The van der Waals surface area contributed by atoms with Gasteiger partial charge in [-0.05, 0) is 32.0 Å². The summed E-state index contributed by atoms with van der Waals surface area (Å²) < 4.78 is 40.2. The number of alkyl halides is 1. The molecule has 1 aromatic carbocycles. The zero-order chi connectivity index (χ0) is 13.9. The first-order valence-corrected chi connectivity index (χ1v) is 8.69. The van der Waals surface area contributed by atoms with Crippen LogP contribution in [0, 0.1) is 5.82 Å². The molecule has 7 heteroatoms. The van der Waals surface area contributed by atoms with Crippen molar-refractivity contribution < 1.29 is 12.8 Å². The van der Waals surface area contributed by atoms with Gasteiger partial charge >= 0.3 is 0 Å². The SMILES string of the molecule is CC(C)N(CCBr)S(=O)(=O)c1ccc(Br)cc1F. The van der Waals surface area contributed by atoms with Gasteiger partial charge in [0.15, 0.2) is 0 Å². The van der Waals surface area contributed by atoms with Crippen molar-refractivity contribution in [2.24, 2.45) is 0 Å². The van der Waals surface area contributed by atoms with Crippen molar-refractivity contribution in [3.63, 3.8) is 0 Å². The van der Waals surface area contributed by atoms with Gasteiger partial charge in [-0.25, -0.2) is 12.8 Å². The molecule has 0 N–H and O–H groups in total. The normalized spacial score (nSPS) is 12.4. The second-order valence-electron chi connectivity index (χ2n) is 3.97. The standard InChI is InChI=1S/C11H14Br2FNO2S/c1-8(2)15(6-5-12)18(16,17)11-4-3-9(13)7-10(11)14/h3-4,7-8H,5-6H2,1-2H3. The van der Waals surface area contributed by atoms with Crippen molar-refractivity contribution >= 4 is 41.9 Å². The van der Waals surface area contributed by atoms with Gasteiger partial charge < -0.3 is 0 Å². The quantitative estimate of drug-likeness (QED) is 0.708. The van der Waals surface area contributed by atoms with Crippen LogP contribution in [0.3, 0.4) is 0 Å². The Bertz CT molecular complexity index is 520. The van der Waals surface area contributed by atoms with E-state index in [0.717, 1.165) is 6.07 Å². The van der Waals surface area contributed by atoms with Crippen LogP contribution in [0.1, 0.15) is 13.8 Å². The highest BCUT2D eigenvalue weighted by Gasteiger charge is 2.28. The van der Waals surface area contributed by atoms with E-state index in [4.69, 9.17) is 0 Å². The first-order chi connectivity index (χ1) is 8.30. The van der Waals surface area contributed by atoms with Crippen molar-refractivity contribution in [3.05, 3.63) is 28.5 Å². The molecule has 0 spiro atoms. The lowest BCUT2D eigenvalue weighted by atomic mass is 10.3. The monoisotopic (exact) mass is 401 g/mol. The van der Waals surface area contributed by atoms with E-state index < -0.39 is 15.8 Å². The molecule has 0 unspecified atom stereocenters. The van der Waals surface area contributed by atoms with Crippen molar-refractivity contribution in [2.45, 2.75) is 24.8 Å². The summed E-state index contributed by atoms with van der Waals surface area (Å²) >= 11 is 6.31. The second kappa shape index (κ2) is 6.45. The van der Waals surface area contributed by atoms with Gasteiger partial charge in [0.1, 0.15) is 10.7 Å². The minimum Gasteiger partial charge on any atom is -0.207 e. The van der Waals surface area contributed by atoms with E-state index in [1.54, 1.807) is 13.8 Å². The molecule has 18 heavy (non-hydrogen) atoms. The average molecular weight is 403 g/mol. The van der Waals surface area contributed by atoms with Gasteiger partial charge in [-0.1, -0.05) is 31.9 Å². The maximum absolute atomic E-state index is 13.8. The molecule has 0 amide bonds. The van der Waals surface area contributed by atoms with E-state index in [2.05, 4.69) is 31.9 Å². The molecule has 0 saturated carbocycles. The van der Waals surface area contributed by atoms with Crippen LogP contribution in [-0.2, 0) is 10.0 Å². The molecule has 0 heterocycles. The number of sulfonamides is 1. The third kappa shape index (κ3) is 3.53. The third-order valence-corrected chi connectivity index (χ3v) is 5.32. The summed E-state index contributed by atoms with van der Waals surface area (Å²) in [4.78, 5) is -0.291. The molecule has 0 fully saturated rings. The van der Waals surface area contributed by atoms with Gasteiger partial charge in [0, 0.05) is 22.4 Å². The van der Waals surface area contributed by atoms with Gasteiger partial charge in [-0.15, -0.1) is 0 Å². The van der Waals surface area contributed by atoms with E-state index in [-0.39, 0.29) is 10.9 Å². The minimum atomic E-state index is -3.80. The minimum absolute atomic E-state index is 0.226. The predicted octanol–water partition coefficient (Wildman–Crippen LogP) is 3.38. The maximum Gasteiger partial charge on any atom is 0.246 e. The highest BCUT2D eigenvalue weighted by molar-refractivity contribution is 9.10. The summed E-state index contributed by atoms with van der Waals surface area (Å²) in [6.07, 6.45) is 0. The first-order valence-electron chi connectivity index (χ1n) is 5.33. The highest BCUT2D eigenvalue weighted by Crippen LogP contribution is 2.24. The molecule has 0 aromatic heterocycles. The Morgan fingerprint density at radius 1 is 1.39 bits per heavy atom. The van der Waals surface area contributed by atoms with Crippen LogP contribution >= 0.6 is 31.9 Å². The summed E-state index contributed by atoms with van der Waals surface area (Å²) in [5, 5.41) is 0.503. The summed E-state index contributed by atoms with van der Waals surface area (Å²) in [7, 11) is -3.80. The molecular weight excluding hydrogens is 389 g/mol. The largest absolute Gasteiger partial charge is 0.246 e. The van der Waals surface area contributed by atoms with Crippen molar-refractivity contribution in [1.82, 2.24) is 4.31 Å². The predicted molar refractivity (Wildman–Crippen MR) is 76.9 cm³/mol. The fraction of sp³-hybridized carbons (Fsp3) is 0.455.